The smallest absolute Gasteiger partial charge is 0.475 e. The van der Waals surface area contributed by atoms with Crippen molar-refractivity contribution in [1.29, 1.82) is 0 Å². The highest BCUT2D eigenvalue weighted by atomic mass is 32.1. The Morgan fingerprint density at radius 3 is 2.69 bits per heavy atom. The summed E-state index contributed by atoms with van der Waals surface area (Å²) in [5.41, 5.74) is 2.96. The fourth-order valence-electron chi connectivity index (χ4n) is 3.10. The average Bonchev–Trinajstić information content (AvgIpc) is 3.44. The van der Waals surface area contributed by atoms with Gasteiger partial charge in [-0.3, -0.25) is 4.79 Å². The first kappa shape index (κ1) is 23.4. The topological polar surface area (TPSA) is 109 Å². The number of halogens is 3. The number of fused-ring (bicyclic) bond motifs is 1. The molecule has 0 saturated heterocycles. The summed E-state index contributed by atoms with van der Waals surface area (Å²) in [7, 11) is 0. The van der Waals surface area contributed by atoms with Crippen LogP contribution in [0.25, 0.3) is 0 Å². The number of hydrogen-bond donors (Lipinski definition) is 3. The van der Waals surface area contributed by atoms with E-state index >= 15 is 0 Å². The van der Waals surface area contributed by atoms with Crippen LogP contribution in [0.4, 0.5) is 13.2 Å². The Morgan fingerprint density at radius 1 is 1.25 bits per heavy atom. The minimum atomic E-state index is -5.08. The van der Waals surface area contributed by atoms with Gasteiger partial charge in [-0.1, -0.05) is 35.5 Å². The second-order valence-corrected chi connectivity index (χ2v) is 7.88. The fraction of sp³-hybridized carbons (Fsp3) is 0.300. The number of carboxylic acid groups (broad SMARTS) is 1. The molecule has 1 aliphatic heterocycles. The number of rotatable bonds is 5. The lowest BCUT2D eigenvalue weighted by Crippen LogP contribution is -2.38. The molecular formula is C20H20F3N5O3S. The van der Waals surface area contributed by atoms with Crippen LogP contribution in [-0.4, -0.2) is 51.2 Å². The zero-order valence-corrected chi connectivity index (χ0v) is 17.5. The fourth-order valence-corrected chi connectivity index (χ4v) is 3.80. The van der Waals surface area contributed by atoms with Gasteiger partial charge in [-0.05, 0) is 35.5 Å². The van der Waals surface area contributed by atoms with Crippen LogP contribution in [0.2, 0.25) is 0 Å². The summed E-state index contributed by atoms with van der Waals surface area (Å²) in [4.78, 5) is 22.4. The van der Waals surface area contributed by atoms with Crippen LogP contribution in [0, 0.1) is 0 Å². The van der Waals surface area contributed by atoms with E-state index in [0.717, 1.165) is 13.0 Å². The van der Waals surface area contributed by atoms with Crippen LogP contribution in [-0.2, 0) is 17.8 Å². The number of carboxylic acids is 1. The molecule has 32 heavy (non-hydrogen) atoms. The van der Waals surface area contributed by atoms with E-state index in [-0.39, 0.29) is 11.9 Å². The number of benzene rings is 1. The molecule has 1 aromatic carbocycles. The number of alkyl halides is 3. The molecule has 8 nitrogen and oxygen atoms in total. The van der Waals surface area contributed by atoms with Crippen molar-refractivity contribution in [3.8, 4) is 0 Å². The molecule has 3 aromatic rings. The van der Waals surface area contributed by atoms with Gasteiger partial charge in [0.15, 0.2) is 5.69 Å². The molecule has 170 valence electrons. The van der Waals surface area contributed by atoms with Crippen LogP contribution in [0.1, 0.15) is 32.5 Å². The molecule has 3 heterocycles. The molecule has 0 saturated carbocycles. The number of thiophene rings is 1. The number of carbonyl (C=O) groups is 2. The van der Waals surface area contributed by atoms with E-state index in [2.05, 4.69) is 39.1 Å². The SMILES string of the molecule is O=C(NCC1NCCc2ccccc21)c1cn(Cc2cccs2)nn1.O=C(O)C(F)(F)F. The summed E-state index contributed by atoms with van der Waals surface area (Å²) >= 11 is 1.66. The average molecular weight is 467 g/mol. The summed E-state index contributed by atoms with van der Waals surface area (Å²) in [5, 5.41) is 23.6. The zero-order valence-electron chi connectivity index (χ0n) is 16.7. The Hall–Kier alpha value is -3.25. The van der Waals surface area contributed by atoms with E-state index in [4.69, 9.17) is 9.90 Å². The van der Waals surface area contributed by atoms with E-state index < -0.39 is 12.1 Å². The van der Waals surface area contributed by atoms with Gasteiger partial charge in [0.1, 0.15) is 0 Å². The summed E-state index contributed by atoms with van der Waals surface area (Å²) < 4.78 is 33.4. The molecule has 4 rings (SSSR count). The van der Waals surface area contributed by atoms with Crippen LogP contribution in [0.5, 0.6) is 0 Å². The highest BCUT2D eigenvalue weighted by Crippen LogP contribution is 2.22. The van der Waals surface area contributed by atoms with Crippen LogP contribution >= 0.6 is 11.3 Å². The number of hydrogen-bond acceptors (Lipinski definition) is 6. The Balaban J connectivity index is 0.000000360. The van der Waals surface area contributed by atoms with Gasteiger partial charge in [0, 0.05) is 17.5 Å². The molecule has 1 amide bonds. The predicted octanol–water partition coefficient (Wildman–Crippen LogP) is 2.64. The van der Waals surface area contributed by atoms with Gasteiger partial charge in [-0.2, -0.15) is 13.2 Å². The zero-order chi connectivity index (χ0) is 23.1. The van der Waals surface area contributed by atoms with E-state index in [0.29, 0.717) is 18.8 Å². The van der Waals surface area contributed by atoms with Crippen LogP contribution < -0.4 is 10.6 Å². The standard InChI is InChI=1S/C18H19N5OS.C2HF3O2/c24-18(17-12-23(22-21-17)11-14-5-3-9-25-14)20-10-16-15-6-2-1-4-13(15)7-8-19-16;3-2(4,5)1(6)7/h1-6,9,12,16,19H,7-8,10-11H2,(H,20,24);(H,6,7). The maximum atomic E-state index is 12.4. The van der Waals surface area contributed by atoms with Gasteiger partial charge in [0.2, 0.25) is 0 Å². The summed E-state index contributed by atoms with van der Waals surface area (Å²) in [5.74, 6) is -2.95. The van der Waals surface area contributed by atoms with Gasteiger partial charge >= 0.3 is 12.1 Å². The van der Waals surface area contributed by atoms with Gasteiger partial charge in [-0.15, -0.1) is 16.4 Å². The number of nitrogens with zero attached hydrogens (tertiary/aromatic N) is 3. The first-order chi connectivity index (χ1) is 15.2. The van der Waals surface area contributed by atoms with Gasteiger partial charge in [0.25, 0.3) is 5.91 Å². The Morgan fingerprint density at radius 2 is 2.00 bits per heavy atom. The molecule has 1 atom stereocenters. The monoisotopic (exact) mass is 467 g/mol. The molecule has 3 N–H and O–H groups in total. The van der Waals surface area contributed by atoms with Gasteiger partial charge < -0.3 is 15.7 Å². The number of nitrogens with one attached hydrogen (secondary N) is 2. The van der Waals surface area contributed by atoms with Crippen molar-refractivity contribution in [3.63, 3.8) is 0 Å². The van der Waals surface area contributed by atoms with Crippen molar-refractivity contribution >= 4 is 23.2 Å². The van der Waals surface area contributed by atoms with Crippen molar-refractivity contribution in [1.82, 2.24) is 25.6 Å². The molecular weight excluding hydrogens is 447 g/mol. The maximum Gasteiger partial charge on any atom is 0.490 e. The number of aromatic nitrogens is 3. The molecule has 0 bridgehead atoms. The van der Waals surface area contributed by atoms with Crippen molar-refractivity contribution in [2.24, 2.45) is 0 Å². The second kappa shape index (κ2) is 10.4. The Kier molecular flexibility index (Phi) is 7.59. The van der Waals surface area contributed by atoms with E-state index in [1.165, 1.54) is 16.0 Å². The van der Waals surface area contributed by atoms with E-state index in [1.54, 1.807) is 22.2 Å². The van der Waals surface area contributed by atoms with Crippen LogP contribution in [0.15, 0.2) is 48.0 Å². The minimum absolute atomic E-state index is 0.134. The molecule has 0 fully saturated rings. The van der Waals surface area contributed by atoms with Crippen molar-refractivity contribution in [3.05, 3.63) is 69.7 Å². The third-order valence-electron chi connectivity index (χ3n) is 4.59. The third-order valence-corrected chi connectivity index (χ3v) is 5.46. The Labute approximate surface area is 185 Å². The first-order valence-corrected chi connectivity index (χ1v) is 10.4. The molecule has 12 heteroatoms. The second-order valence-electron chi connectivity index (χ2n) is 6.85. The quantitative estimate of drug-likeness (QED) is 0.532. The molecule has 1 unspecified atom stereocenters. The lowest BCUT2D eigenvalue weighted by Gasteiger charge is -2.26. The molecule has 1 aliphatic rings. The van der Waals surface area contributed by atoms with Crippen molar-refractivity contribution in [2.75, 3.05) is 13.1 Å². The van der Waals surface area contributed by atoms with Gasteiger partial charge in [-0.25, -0.2) is 9.48 Å². The summed E-state index contributed by atoms with van der Waals surface area (Å²) in [6.45, 7) is 2.09. The lowest BCUT2D eigenvalue weighted by molar-refractivity contribution is -0.192. The number of amides is 1. The molecule has 0 radical (unpaired) electrons. The minimum Gasteiger partial charge on any atom is -0.475 e. The largest absolute Gasteiger partial charge is 0.490 e. The normalized spacial score (nSPS) is 15.3. The van der Waals surface area contributed by atoms with Crippen molar-refractivity contribution < 1.29 is 27.9 Å². The number of carbonyl (C=O) groups excluding carboxylic acids is 1. The molecule has 0 aliphatic carbocycles. The number of aliphatic carboxylic acids is 1. The van der Waals surface area contributed by atoms with E-state index in [1.807, 2.05) is 23.6 Å². The maximum absolute atomic E-state index is 12.4. The van der Waals surface area contributed by atoms with Crippen LogP contribution in [0.3, 0.4) is 0 Å². The summed E-state index contributed by atoms with van der Waals surface area (Å²) in [6.07, 6.45) is -2.37. The lowest BCUT2D eigenvalue weighted by atomic mass is 9.94. The molecule has 2 aromatic heterocycles. The molecule has 0 spiro atoms. The predicted molar refractivity (Wildman–Crippen MR) is 110 cm³/mol. The third kappa shape index (κ3) is 6.37. The van der Waals surface area contributed by atoms with Crippen molar-refractivity contribution in [2.45, 2.75) is 25.2 Å². The summed E-state index contributed by atoms with van der Waals surface area (Å²) in [6, 6.07) is 12.5. The highest BCUT2D eigenvalue weighted by molar-refractivity contribution is 7.09. The Bertz CT molecular complexity index is 1050. The van der Waals surface area contributed by atoms with E-state index in [9.17, 15) is 18.0 Å². The van der Waals surface area contributed by atoms with Gasteiger partial charge in [0.05, 0.1) is 12.7 Å². The highest BCUT2D eigenvalue weighted by Gasteiger charge is 2.38. The first-order valence-electron chi connectivity index (χ1n) is 9.56.